The third-order valence-corrected chi connectivity index (χ3v) is 2.50. The second-order valence-corrected chi connectivity index (χ2v) is 3.85. The summed E-state index contributed by atoms with van der Waals surface area (Å²) in [6.45, 7) is 1.86. The van der Waals surface area contributed by atoms with Crippen LogP contribution < -0.4 is 5.73 Å². The Morgan fingerprint density at radius 1 is 1.61 bits per heavy atom. The summed E-state index contributed by atoms with van der Waals surface area (Å²) < 4.78 is 30.4. The molecule has 2 N–H and O–H groups in total. The van der Waals surface area contributed by atoms with Gasteiger partial charge in [0, 0.05) is 6.54 Å². The Labute approximate surface area is 108 Å². The van der Waals surface area contributed by atoms with E-state index in [1.165, 1.54) is 6.07 Å². The zero-order valence-electron chi connectivity index (χ0n) is 9.75. The molecule has 1 aromatic heterocycles. The molecule has 0 aliphatic carbocycles. The van der Waals surface area contributed by atoms with Crippen LogP contribution in [0.2, 0.25) is 5.02 Å². The summed E-state index contributed by atoms with van der Waals surface area (Å²) in [5, 5.41) is -0.139. The van der Waals surface area contributed by atoms with Gasteiger partial charge in [0.1, 0.15) is 0 Å². The highest BCUT2D eigenvalue weighted by atomic mass is 35.5. The number of rotatable bonds is 5. The summed E-state index contributed by atoms with van der Waals surface area (Å²) in [4.78, 5) is 15.2. The monoisotopic (exact) mass is 278 g/mol. The molecule has 0 saturated carbocycles. The van der Waals surface area contributed by atoms with Crippen molar-refractivity contribution >= 4 is 17.6 Å². The molecule has 0 spiro atoms. The van der Waals surface area contributed by atoms with Gasteiger partial charge in [-0.1, -0.05) is 11.6 Å². The van der Waals surface area contributed by atoms with Gasteiger partial charge in [0.2, 0.25) is 0 Å². The van der Waals surface area contributed by atoms with E-state index >= 15 is 0 Å². The van der Waals surface area contributed by atoms with Gasteiger partial charge in [0.25, 0.3) is 6.43 Å². The van der Waals surface area contributed by atoms with Crippen LogP contribution in [0.15, 0.2) is 6.07 Å². The van der Waals surface area contributed by atoms with Crippen LogP contribution in [-0.2, 0) is 22.5 Å². The molecule has 4 nitrogen and oxygen atoms in total. The fourth-order valence-corrected chi connectivity index (χ4v) is 1.76. The third-order valence-electron chi connectivity index (χ3n) is 2.18. The lowest BCUT2D eigenvalue weighted by molar-refractivity contribution is -0.142. The van der Waals surface area contributed by atoms with Crippen molar-refractivity contribution in [2.75, 3.05) is 6.61 Å². The van der Waals surface area contributed by atoms with Gasteiger partial charge in [0.05, 0.1) is 35.0 Å². The minimum atomic E-state index is -2.80. The van der Waals surface area contributed by atoms with Gasteiger partial charge in [-0.2, -0.15) is 0 Å². The standard InChI is InChI=1S/C11H13ClF2N2O2/c1-2-18-9(17)4-8-10(11(13)14)7(12)3-6(5-15)16-8/h3,11H,2,4-5,15H2,1H3. The topological polar surface area (TPSA) is 65.2 Å². The van der Waals surface area contributed by atoms with Gasteiger partial charge in [-0.25, -0.2) is 8.78 Å². The van der Waals surface area contributed by atoms with Crippen molar-refractivity contribution in [1.82, 2.24) is 4.98 Å². The van der Waals surface area contributed by atoms with Crippen LogP contribution in [-0.4, -0.2) is 17.6 Å². The Kier molecular flexibility index (Phi) is 5.43. The number of carbonyl (C=O) groups excluding carboxylic acids is 1. The number of halogens is 3. The van der Waals surface area contributed by atoms with Crippen molar-refractivity contribution in [3.8, 4) is 0 Å². The number of aromatic nitrogens is 1. The fourth-order valence-electron chi connectivity index (χ4n) is 1.45. The maximum Gasteiger partial charge on any atom is 0.311 e. The summed E-state index contributed by atoms with van der Waals surface area (Å²) >= 11 is 5.74. The largest absolute Gasteiger partial charge is 0.466 e. The Bertz CT molecular complexity index is 441. The number of nitrogens with two attached hydrogens (primary N) is 1. The molecule has 100 valence electrons. The Morgan fingerprint density at radius 2 is 2.28 bits per heavy atom. The maximum atomic E-state index is 12.9. The van der Waals surface area contributed by atoms with Crippen molar-refractivity contribution in [3.05, 3.63) is 28.0 Å². The highest BCUT2D eigenvalue weighted by Gasteiger charge is 2.21. The Hall–Kier alpha value is -1.27. The lowest BCUT2D eigenvalue weighted by Gasteiger charge is -2.11. The molecule has 0 bridgehead atoms. The highest BCUT2D eigenvalue weighted by Crippen LogP contribution is 2.30. The average molecular weight is 279 g/mol. The molecular formula is C11H13ClF2N2O2. The summed E-state index contributed by atoms with van der Waals surface area (Å²) in [7, 11) is 0. The van der Waals surface area contributed by atoms with Crippen LogP contribution in [0.25, 0.3) is 0 Å². The molecule has 0 amide bonds. The molecule has 0 aliphatic rings. The molecular weight excluding hydrogens is 266 g/mol. The summed E-state index contributed by atoms with van der Waals surface area (Å²) in [6.07, 6.45) is -3.15. The number of nitrogens with zero attached hydrogens (tertiary/aromatic N) is 1. The Balaban J connectivity index is 3.13. The van der Waals surface area contributed by atoms with E-state index < -0.39 is 18.0 Å². The summed E-state index contributed by atoms with van der Waals surface area (Å²) in [5.74, 6) is -0.628. The van der Waals surface area contributed by atoms with Crippen LogP contribution in [0.5, 0.6) is 0 Å². The molecule has 7 heteroatoms. The fraction of sp³-hybridized carbons (Fsp3) is 0.455. The van der Waals surface area contributed by atoms with Crippen molar-refractivity contribution in [2.45, 2.75) is 26.3 Å². The maximum absolute atomic E-state index is 12.9. The molecule has 0 radical (unpaired) electrons. The van der Waals surface area contributed by atoms with E-state index in [1.54, 1.807) is 6.92 Å². The second-order valence-electron chi connectivity index (χ2n) is 3.44. The van der Waals surface area contributed by atoms with E-state index in [2.05, 4.69) is 4.98 Å². The molecule has 0 aromatic carbocycles. The normalized spacial score (nSPS) is 10.8. The molecule has 1 rings (SSSR count). The van der Waals surface area contributed by atoms with Gasteiger partial charge in [-0.3, -0.25) is 9.78 Å². The molecule has 0 unspecified atom stereocenters. The minimum Gasteiger partial charge on any atom is -0.466 e. The molecule has 18 heavy (non-hydrogen) atoms. The number of carbonyl (C=O) groups is 1. The van der Waals surface area contributed by atoms with Crippen LogP contribution in [0.1, 0.15) is 30.3 Å². The van der Waals surface area contributed by atoms with Gasteiger partial charge < -0.3 is 10.5 Å². The zero-order chi connectivity index (χ0) is 13.7. The third kappa shape index (κ3) is 3.61. The van der Waals surface area contributed by atoms with Crippen molar-refractivity contribution < 1.29 is 18.3 Å². The van der Waals surface area contributed by atoms with Crippen LogP contribution in [0, 0.1) is 0 Å². The first kappa shape index (κ1) is 14.8. The molecule has 0 saturated heterocycles. The predicted octanol–water partition coefficient (Wildman–Crippen LogP) is 2.24. The smallest absolute Gasteiger partial charge is 0.311 e. The number of ether oxygens (including phenoxy) is 1. The van der Waals surface area contributed by atoms with E-state index in [1.807, 2.05) is 0 Å². The number of hydrogen-bond donors (Lipinski definition) is 1. The number of pyridine rings is 1. The lowest BCUT2D eigenvalue weighted by Crippen LogP contribution is -2.13. The molecule has 1 heterocycles. The number of esters is 1. The molecule has 0 aliphatic heterocycles. The van der Waals surface area contributed by atoms with E-state index in [0.717, 1.165) is 0 Å². The molecule has 0 fully saturated rings. The average Bonchev–Trinajstić information content (AvgIpc) is 2.27. The first-order valence-electron chi connectivity index (χ1n) is 5.31. The predicted molar refractivity (Wildman–Crippen MR) is 62.4 cm³/mol. The van der Waals surface area contributed by atoms with Gasteiger partial charge in [-0.15, -0.1) is 0 Å². The lowest BCUT2D eigenvalue weighted by atomic mass is 10.1. The summed E-state index contributed by atoms with van der Waals surface area (Å²) in [5.41, 5.74) is 5.20. The second kappa shape index (κ2) is 6.61. The van der Waals surface area contributed by atoms with Crippen LogP contribution in [0.3, 0.4) is 0 Å². The van der Waals surface area contributed by atoms with E-state index in [-0.39, 0.29) is 30.3 Å². The van der Waals surface area contributed by atoms with Gasteiger partial charge in [0.15, 0.2) is 0 Å². The zero-order valence-corrected chi connectivity index (χ0v) is 10.5. The van der Waals surface area contributed by atoms with Crippen molar-refractivity contribution in [1.29, 1.82) is 0 Å². The van der Waals surface area contributed by atoms with Gasteiger partial charge >= 0.3 is 5.97 Å². The first-order valence-corrected chi connectivity index (χ1v) is 5.69. The quantitative estimate of drug-likeness (QED) is 0.839. The van der Waals surface area contributed by atoms with E-state index in [4.69, 9.17) is 22.1 Å². The SMILES string of the molecule is CCOC(=O)Cc1nc(CN)cc(Cl)c1C(F)F. The number of alkyl halides is 2. The highest BCUT2D eigenvalue weighted by molar-refractivity contribution is 6.31. The van der Waals surface area contributed by atoms with E-state index in [9.17, 15) is 13.6 Å². The van der Waals surface area contributed by atoms with Crippen LogP contribution >= 0.6 is 11.6 Å². The minimum absolute atomic E-state index is 0.0546. The molecule has 0 atom stereocenters. The van der Waals surface area contributed by atoms with Crippen molar-refractivity contribution in [3.63, 3.8) is 0 Å². The molecule has 1 aromatic rings. The first-order chi connectivity index (χ1) is 8.49. The van der Waals surface area contributed by atoms with Crippen molar-refractivity contribution in [2.24, 2.45) is 5.73 Å². The van der Waals surface area contributed by atoms with Gasteiger partial charge in [-0.05, 0) is 13.0 Å². The van der Waals surface area contributed by atoms with E-state index in [0.29, 0.717) is 5.69 Å². The van der Waals surface area contributed by atoms with Crippen LogP contribution in [0.4, 0.5) is 8.78 Å². The summed E-state index contributed by atoms with van der Waals surface area (Å²) in [6, 6.07) is 1.28. The Morgan fingerprint density at radius 3 is 2.78 bits per heavy atom. The number of hydrogen-bond acceptors (Lipinski definition) is 4.